The maximum atomic E-state index is 14.0. The number of hydrogen-bond acceptors (Lipinski definition) is 4. The number of anilines is 1. The number of aromatic nitrogens is 1. The fraction of sp³-hybridized carbons (Fsp3) is 0.368. The van der Waals surface area contributed by atoms with Gasteiger partial charge in [0.15, 0.2) is 0 Å². The van der Waals surface area contributed by atoms with Crippen LogP contribution in [0.5, 0.6) is 0 Å². The molecule has 0 bridgehead atoms. The van der Waals surface area contributed by atoms with Crippen molar-refractivity contribution in [2.45, 2.75) is 13.5 Å². The Morgan fingerprint density at radius 1 is 1.24 bits per heavy atom. The third kappa shape index (κ3) is 3.79. The Balaban J connectivity index is 1.89. The van der Waals surface area contributed by atoms with E-state index >= 15 is 0 Å². The van der Waals surface area contributed by atoms with Crippen LogP contribution in [0.25, 0.3) is 0 Å². The fourth-order valence-electron chi connectivity index (χ4n) is 3.00. The molecule has 0 saturated heterocycles. The molecule has 1 aromatic carbocycles. The third-order valence-electron chi connectivity index (χ3n) is 4.35. The number of aryl methyl sites for hydroxylation is 1. The molecular formula is C19H22FN3O2. The van der Waals surface area contributed by atoms with E-state index in [2.05, 4.69) is 9.88 Å². The van der Waals surface area contributed by atoms with Gasteiger partial charge in [0, 0.05) is 44.5 Å². The van der Waals surface area contributed by atoms with Gasteiger partial charge in [-0.2, -0.15) is 0 Å². The van der Waals surface area contributed by atoms with Crippen molar-refractivity contribution in [2.75, 3.05) is 38.3 Å². The summed E-state index contributed by atoms with van der Waals surface area (Å²) in [5.41, 5.74) is 1.99. The Morgan fingerprint density at radius 3 is 2.80 bits per heavy atom. The number of rotatable bonds is 4. The van der Waals surface area contributed by atoms with Gasteiger partial charge in [-0.25, -0.2) is 9.37 Å². The topological polar surface area (TPSA) is 45.7 Å². The van der Waals surface area contributed by atoms with E-state index in [4.69, 9.17) is 4.74 Å². The molecule has 0 fully saturated rings. The number of methoxy groups -OCH3 is 1. The van der Waals surface area contributed by atoms with E-state index in [1.54, 1.807) is 24.1 Å². The zero-order valence-electron chi connectivity index (χ0n) is 14.5. The highest BCUT2D eigenvalue weighted by molar-refractivity contribution is 5.94. The van der Waals surface area contributed by atoms with Crippen LogP contribution in [0.3, 0.4) is 0 Å². The predicted molar refractivity (Wildman–Crippen MR) is 94.2 cm³/mol. The Morgan fingerprint density at radius 2 is 2.04 bits per heavy atom. The average molecular weight is 343 g/mol. The van der Waals surface area contributed by atoms with Crippen molar-refractivity contribution < 1.29 is 13.9 Å². The highest BCUT2D eigenvalue weighted by atomic mass is 19.1. The summed E-state index contributed by atoms with van der Waals surface area (Å²) in [6.45, 7) is 4.78. The van der Waals surface area contributed by atoms with Crippen LogP contribution in [0, 0.1) is 12.7 Å². The summed E-state index contributed by atoms with van der Waals surface area (Å²) in [7, 11) is 1.66. The molecule has 0 saturated carbocycles. The van der Waals surface area contributed by atoms with E-state index in [9.17, 15) is 9.18 Å². The van der Waals surface area contributed by atoms with Crippen molar-refractivity contribution in [3.63, 3.8) is 0 Å². The van der Waals surface area contributed by atoms with Crippen molar-refractivity contribution in [3.8, 4) is 0 Å². The lowest BCUT2D eigenvalue weighted by Gasteiger charge is -2.23. The molecule has 0 atom stereocenters. The number of amides is 1. The summed E-state index contributed by atoms with van der Waals surface area (Å²) >= 11 is 0. The smallest absolute Gasteiger partial charge is 0.257 e. The first-order chi connectivity index (χ1) is 12.1. The van der Waals surface area contributed by atoms with Crippen molar-refractivity contribution in [3.05, 3.63) is 59.0 Å². The van der Waals surface area contributed by atoms with Crippen LogP contribution in [-0.4, -0.2) is 49.1 Å². The van der Waals surface area contributed by atoms with Gasteiger partial charge in [0.05, 0.1) is 12.2 Å². The van der Waals surface area contributed by atoms with E-state index in [0.717, 1.165) is 17.1 Å². The van der Waals surface area contributed by atoms with Gasteiger partial charge in [0.2, 0.25) is 0 Å². The van der Waals surface area contributed by atoms with Crippen molar-refractivity contribution in [2.24, 2.45) is 0 Å². The minimum atomic E-state index is -0.491. The average Bonchev–Trinajstić information content (AvgIpc) is 2.79. The fourth-order valence-corrected chi connectivity index (χ4v) is 3.00. The first-order valence-corrected chi connectivity index (χ1v) is 8.34. The largest absolute Gasteiger partial charge is 0.383 e. The van der Waals surface area contributed by atoms with Crippen LogP contribution in [0.2, 0.25) is 0 Å². The van der Waals surface area contributed by atoms with Crippen LogP contribution in [0.4, 0.5) is 10.2 Å². The quantitative estimate of drug-likeness (QED) is 0.856. The number of pyridine rings is 1. The molecule has 2 heterocycles. The minimum Gasteiger partial charge on any atom is -0.383 e. The van der Waals surface area contributed by atoms with Gasteiger partial charge in [0.1, 0.15) is 11.6 Å². The van der Waals surface area contributed by atoms with Crippen molar-refractivity contribution in [1.29, 1.82) is 0 Å². The number of carbonyl (C=O) groups is 1. The van der Waals surface area contributed by atoms with Crippen molar-refractivity contribution in [1.82, 2.24) is 9.88 Å². The lowest BCUT2D eigenvalue weighted by atomic mass is 10.1. The van der Waals surface area contributed by atoms with Gasteiger partial charge in [0.25, 0.3) is 5.91 Å². The second kappa shape index (κ2) is 7.61. The second-order valence-electron chi connectivity index (χ2n) is 6.12. The zero-order valence-corrected chi connectivity index (χ0v) is 14.5. The Labute approximate surface area is 147 Å². The highest BCUT2D eigenvalue weighted by Crippen LogP contribution is 2.24. The molecule has 0 spiro atoms. The van der Waals surface area contributed by atoms with Crippen LogP contribution < -0.4 is 4.90 Å². The van der Waals surface area contributed by atoms with Gasteiger partial charge in [-0.05, 0) is 25.1 Å². The molecule has 0 N–H and O–H groups in total. The number of carbonyl (C=O) groups excluding carboxylic acids is 1. The Hall–Kier alpha value is -2.47. The van der Waals surface area contributed by atoms with E-state index in [-0.39, 0.29) is 11.5 Å². The van der Waals surface area contributed by atoms with Crippen LogP contribution >= 0.6 is 0 Å². The van der Waals surface area contributed by atoms with Crippen molar-refractivity contribution >= 4 is 11.7 Å². The summed E-state index contributed by atoms with van der Waals surface area (Å²) in [6, 6.07) is 10.0. The van der Waals surface area contributed by atoms with Gasteiger partial charge < -0.3 is 14.5 Å². The number of nitrogens with zero attached hydrogens (tertiary/aromatic N) is 3. The molecule has 3 rings (SSSR count). The monoisotopic (exact) mass is 343 g/mol. The molecule has 1 aliphatic heterocycles. The Bertz CT molecular complexity index is 766. The normalized spacial score (nSPS) is 14.2. The molecule has 1 amide bonds. The van der Waals surface area contributed by atoms with Gasteiger partial charge in [-0.1, -0.05) is 18.2 Å². The first-order valence-electron chi connectivity index (χ1n) is 8.34. The molecule has 1 aromatic heterocycles. The molecule has 0 unspecified atom stereocenters. The molecule has 6 heteroatoms. The summed E-state index contributed by atoms with van der Waals surface area (Å²) in [4.78, 5) is 21.3. The zero-order chi connectivity index (χ0) is 17.8. The molecule has 0 aliphatic carbocycles. The van der Waals surface area contributed by atoms with E-state index in [1.165, 1.54) is 12.1 Å². The minimum absolute atomic E-state index is 0.106. The van der Waals surface area contributed by atoms with Crippen LogP contribution in [0.15, 0.2) is 36.4 Å². The highest BCUT2D eigenvalue weighted by Gasteiger charge is 2.26. The standard InChI is InChI=1S/C19H22FN3O2/c1-14-7-8-15-13-23(19(24)16-5-3-4-6-17(16)20)10-9-22(11-12-25-2)18(15)21-14/h3-8H,9-13H2,1-2H3. The molecular weight excluding hydrogens is 321 g/mol. The predicted octanol–water partition coefficient (Wildman–Crippen LogP) is 2.64. The summed E-state index contributed by atoms with van der Waals surface area (Å²) in [5.74, 6) is 0.0920. The number of benzene rings is 1. The molecule has 132 valence electrons. The maximum Gasteiger partial charge on any atom is 0.257 e. The van der Waals surface area contributed by atoms with Crippen LogP contribution in [-0.2, 0) is 11.3 Å². The van der Waals surface area contributed by atoms with E-state index < -0.39 is 5.82 Å². The van der Waals surface area contributed by atoms with Gasteiger partial charge in [-0.15, -0.1) is 0 Å². The number of hydrogen-bond donors (Lipinski definition) is 0. The molecule has 5 nitrogen and oxygen atoms in total. The van der Waals surface area contributed by atoms with Crippen LogP contribution in [0.1, 0.15) is 21.6 Å². The SMILES string of the molecule is COCCN1CCN(C(=O)c2ccccc2F)Cc2ccc(C)nc21. The number of halogens is 1. The maximum absolute atomic E-state index is 14.0. The molecule has 1 aliphatic rings. The molecule has 0 radical (unpaired) electrons. The first kappa shape index (κ1) is 17.4. The summed E-state index contributed by atoms with van der Waals surface area (Å²) in [5, 5.41) is 0. The number of fused-ring (bicyclic) bond motifs is 1. The molecule has 2 aromatic rings. The molecule has 25 heavy (non-hydrogen) atoms. The lowest BCUT2D eigenvalue weighted by Crippen LogP contribution is -2.37. The van der Waals surface area contributed by atoms with E-state index in [1.807, 2.05) is 19.1 Å². The summed E-state index contributed by atoms with van der Waals surface area (Å²) < 4.78 is 19.2. The van der Waals surface area contributed by atoms with Gasteiger partial charge >= 0.3 is 0 Å². The number of ether oxygens (including phenoxy) is 1. The summed E-state index contributed by atoms with van der Waals surface area (Å²) in [6.07, 6.45) is 0. The third-order valence-corrected chi connectivity index (χ3v) is 4.35. The lowest BCUT2D eigenvalue weighted by molar-refractivity contribution is 0.0746. The van der Waals surface area contributed by atoms with Gasteiger partial charge in [-0.3, -0.25) is 4.79 Å². The van der Waals surface area contributed by atoms with E-state index in [0.29, 0.717) is 32.8 Å². The second-order valence-corrected chi connectivity index (χ2v) is 6.12. The Kier molecular flexibility index (Phi) is 5.28.